The minimum atomic E-state index is 0.657. The van der Waals surface area contributed by atoms with Crippen LogP contribution >= 0.6 is 57.9 Å². The molecule has 0 radical (unpaired) electrons. The smallest absolute Gasteiger partial charge is 0.151 e. The van der Waals surface area contributed by atoms with Gasteiger partial charge in [-0.2, -0.15) is 0 Å². The number of hydrogen-bond acceptors (Lipinski definition) is 2. The van der Waals surface area contributed by atoms with E-state index < -0.39 is 0 Å². The summed E-state index contributed by atoms with van der Waals surface area (Å²) >= 11 is 11.5. The topological polar surface area (TPSA) is 17.8 Å². The van der Waals surface area contributed by atoms with Crippen LogP contribution in [-0.4, -0.2) is 8.96 Å². The van der Waals surface area contributed by atoms with Gasteiger partial charge in [0.2, 0.25) is 0 Å². The standard InChI is InChI=1S/C7H3BrClIN2S.C2H6/c8-6-3-12(13-10)7-5(6)1-4(9)2-11-7;1-2/h1-3H;1-2H3. The molecule has 0 aliphatic carbocycles. The molecule has 15 heavy (non-hydrogen) atoms. The van der Waals surface area contributed by atoms with E-state index >= 15 is 0 Å². The second kappa shape index (κ2) is 6.32. The molecule has 0 aliphatic heterocycles. The molecule has 0 aliphatic rings. The van der Waals surface area contributed by atoms with Crippen molar-refractivity contribution in [1.82, 2.24) is 8.96 Å². The summed E-state index contributed by atoms with van der Waals surface area (Å²) in [5.74, 6) is 0. The lowest BCUT2D eigenvalue weighted by Crippen LogP contribution is -1.82. The van der Waals surface area contributed by atoms with E-state index in [1.165, 1.54) is 0 Å². The highest BCUT2D eigenvalue weighted by atomic mass is 127. The van der Waals surface area contributed by atoms with E-state index in [9.17, 15) is 0 Å². The quantitative estimate of drug-likeness (QED) is 0.582. The van der Waals surface area contributed by atoms with Crippen LogP contribution in [0.15, 0.2) is 22.9 Å². The summed E-state index contributed by atoms with van der Waals surface area (Å²) in [6.07, 6.45) is 3.63. The first-order valence-electron chi connectivity index (χ1n) is 4.33. The van der Waals surface area contributed by atoms with E-state index in [1.54, 1.807) is 15.3 Å². The van der Waals surface area contributed by atoms with Gasteiger partial charge in [0.25, 0.3) is 0 Å². The highest BCUT2D eigenvalue weighted by Crippen LogP contribution is 2.31. The van der Waals surface area contributed by atoms with Gasteiger partial charge in [-0.15, -0.1) is 0 Å². The predicted molar refractivity (Wildman–Crippen MR) is 80.8 cm³/mol. The molecule has 6 heteroatoms. The lowest BCUT2D eigenvalue weighted by Gasteiger charge is -1.95. The minimum absolute atomic E-state index is 0.657. The average molecular weight is 420 g/mol. The number of fused-ring (bicyclic) bond motifs is 1. The van der Waals surface area contributed by atoms with Gasteiger partial charge in [0.15, 0.2) is 5.65 Å². The van der Waals surface area contributed by atoms with Gasteiger partial charge in [-0.1, -0.05) is 25.4 Å². The molecule has 0 bridgehead atoms. The van der Waals surface area contributed by atoms with Gasteiger partial charge in [-0.3, -0.25) is 3.97 Å². The zero-order valence-corrected chi connectivity index (χ0v) is 13.5. The zero-order chi connectivity index (χ0) is 11.4. The molecule has 2 heterocycles. The van der Waals surface area contributed by atoms with Crippen LogP contribution in [0.4, 0.5) is 0 Å². The van der Waals surface area contributed by atoms with Crippen LogP contribution in [-0.2, 0) is 0 Å². The highest BCUT2D eigenvalue weighted by Gasteiger charge is 2.07. The van der Waals surface area contributed by atoms with E-state index in [2.05, 4.69) is 42.1 Å². The average Bonchev–Trinajstić information content (AvgIpc) is 2.58. The van der Waals surface area contributed by atoms with E-state index in [-0.39, 0.29) is 0 Å². The molecule has 0 fully saturated rings. The second-order valence-electron chi connectivity index (χ2n) is 2.40. The Morgan fingerprint density at radius 1 is 1.53 bits per heavy atom. The Labute approximate surface area is 119 Å². The zero-order valence-electron chi connectivity index (χ0n) is 8.17. The van der Waals surface area contributed by atoms with Crippen molar-refractivity contribution in [1.29, 1.82) is 0 Å². The number of aromatic nitrogens is 2. The third-order valence-corrected chi connectivity index (χ3v) is 4.14. The van der Waals surface area contributed by atoms with Crippen molar-refractivity contribution >= 4 is 68.9 Å². The molecular formula is C9H9BrClIN2S. The summed E-state index contributed by atoms with van der Waals surface area (Å²) in [5, 5.41) is 1.70. The van der Waals surface area contributed by atoms with E-state index in [0.29, 0.717) is 5.02 Å². The first-order chi connectivity index (χ1) is 7.22. The molecular weight excluding hydrogens is 410 g/mol. The summed E-state index contributed by atoms with van der Waals surface area (Å²) in [5.41, 5.74) is 0.927. The first-order valence-corrected chi connectivity index (χ1v) is 8.82. The van der Waals surface area contributed by atoms with Crippen molar-refractivity contribution in [3.05, 3.63) is 28.0 Å². The number of nitrogens with zero attached hydrogens (tertiary/aromatic N) is 2. The summed E-state index contributed by atoms with van der Waals surface area (Å²) in [4.78, 5) is 4.25. The molecule has 0 unspecified atom stereocenters. The molecule has 0 saturated carbocycles. The molecule has 2 aromatic rings. The molecule has 0 aromatic carbocycles. The predicted octanol–water partition coefficient (Wildman–Crippen LogP) is 5.32. The molecule has 82 valence electrons. The summed E-state index contributed by atoms with van der Waals surface area (Å²) < 4.78 is 3.00. The van der Waals surface area contributed by atoms with Crippen molar-refractivity contribution in [2.45, 2.75) is 13.8 Å². The Bertz CT molecular complexity index is 461. The normalized spacial score (nSPS) is 9.93. The SMILES string of the molecule is CC.Clc1cnc2c(c1)c(Br)cn2SI. The maximum absolute atomic E-state index is 5.84. The van der Waals surface area contributed by atoms with Crippen LogP contribution in [0.25, 0.3) is 11.0 Å². The van der Waals surface area contributed by atoms with Gasteiger partial charge in [0.1, 0.15) is 0 Å². The Balaban J connectivity index is 0.000000531. The first kappa shape index (κ1) is 13.6. The van der Waals surface area contributed by atoms with Crippen molar-refractivity contribution < 1.29 is 0 Å². The maximum Gasteiger partial charge on any atom is 0.151 e. The summed E-state index contributed by atoms with van der Waals surface area (Å²) in [7, 11) is 1.58. The van der Waals surface area contributed by atoms with Gasteiger partial charge in [-0.05, 0) is 22.0 Å². The number of pyridine rings is 1. The minimum Gasteiger partial charge on any atom is -0.265 e. The van der Waals surface area contributed by atoms with Crippen molar-refractivity contribution in [3.63, 3.8) is 0 Å². The number of halogens is 3. The van der Waals surface area contributed by atoms with Crippen LogP contribution in [0.1, 0.15) is 13.8 Å². The van der Waals surface area contributed by atoms with Crippen LogP contribution in [0, 0.1) is 0 Å². The third-order valence-electron chi connectivity index (χ3n) is 1.60. The van der Waals surface area contributed by atoms with Gasteiger partial charge < -0.3 is 0 Å². The fourth-order valence-electron chi connectivity index (χ4n) is 1.07. The summed E-state index contributed by atoms with van der Waals surface area (Å²) in [6.45, 7) is 4.00. The fraction of sp³-hybridized carbons (Fsp3) is 0.222. The van der Waals surface area contributed by atoms with Gasteiger partial charge in [-0.25, -0.2) is 4.98 Å². The van der Waals surface area contributed by atoms with Crippen LogP contribution < -0.4 is 0 Å². The van der Waals surface area contributed by atoms with Gasteiger partial charge in [0.05, 0.1) is 5.02 Å². The maximum atomic E-state index is 5.84. The summed E-state index contributed by atoms with van der Waals surface area (Å²) in [6, 6.07) is 1.90. The van der Waals surface area contributed by atoms with E-state index in [1.807, 2.05) is 30.1 Å². The van der Waals surface area contributed by atoms with E-state index in [0.717, 1.165) is 15.5 Å². The van der Waals surface area contributed by atoms with Crippen molar-refractivity contribution in [2.75, 3.05) is 0 Å². The molecule has 0 saturated heterocycles. The molecule has 0 atom stereocenters. The molecule has 0 N–H and O–H groups in total. The van der Waals surface area contributed by atoms with Gasteiger partial charge >= 0.3 is 0 Å². The molecule has 0 amide bonds. The van der Waals surface area contributed by atoms with Crippen molar-refractivity contribution in [3.8, 4) is 0 Å². The van der Waals surface area contributed by atoms with E-state index in [4.69, 9.17) is 11.6 Å². The highest BCUT2D eigenvalue weighted by molar-refractivity contribution is 14.2. The Kier molecular flexibility index (Phi) is 5.73. The molecule has 2 aromatic heterocycles. The molecule has 0 spiro atoms. The second-order valence-corrected chi connectivity index (χ2v) is 5.40. The van der Waals surface area contributed by atoms with Crippen LogP contribution in [0.3, 0.4) is 0 Å². The largest absolute Gasteiger partial charge is 0.265 e. The fourth-order valence-corrected chi connectivity index (χ4v) is 3.12. The third kappa shape index (κ3) is 3.01. The monoisotopic (exact) mass is 418 g/mol. The van der Waals surface area contributed by atoms with Crippen LogP contribution in [0.2, 0.25) is 5.02 Å². The molecule has 2 rings (SSSR count). The van der Waals surface area contributed by atoms with Gasteiger partial charge in [0, 0.05) is 52.6 Å². The lowest BCUT2D eigenvalue weighted by atomic mass is 10.3. The van der Waals surface area contributed by atoms with Crippen molar-refractivity contribution in [2.24, 2.45) is 0 Å². The Hall–Kier alpha value is 0.540. The number of rotatable bonds is 1. The van der Waals surface area contributed by atoms with Crippen LogP contribution in [0.5, 0.6) is 0 Å². The number of hydrogen-bond donors (Lipinski definition) is 0. The molecule has 2 nitrogen and oxygen atoms in total. The lowest BCUT2D eigenvalue weighted by molar-refractivity contribution is 1.27. The Morgan fingerprint density at radius 3 is 2.80 bits per heavy atom. The Morgan fingerprint density at radius 2 is 2.20 bits per heavy atom.